The summed E-state index contributed by atoms with van der Waals surface area (Å²) in [6.45, 7) is 8.39. The predicted octanol–water partition coefficient (Wildman–Crippen LogP) is 6.40. The molecule has 2 saturated carbocycles. The number of rotatable bonds is 8. The number of hydrogen-bond donors (Lipinski definition) is 2. The number of likely N-dealkylation sites (tertiary alicyclic amines) is 2. The van der Waals surface area contributed by atoms with Gasteiger partial charge in [0.15, 0.2) is 12.1 Å². The number of aryl methyl sites for hydroxylation is 4. The van der Waals surface area contributed by atoms with Gasteiger partial charge in [0, 0.05) is 55.3 Å². The van der Waals surface area contributed by atoms with Crippen LogP contribution < -0.4 is 10.6 Å². The summed E-state index contributed by atoms with van der Waals surface area (Å²) in [6, 6.07) is 10.3. The van der Waals surface area contributed by atoms with Gasteiger partial charge >= 0.3 is 0 Å². The molecular formula is C35H48N4O4. The Morgan fingerprint density at radius 1 is 0.674 bits per heavy atom. The van der Waals surface area contributed by atoms with Gasteiger partial charge in [0.2, 0.25) is 0 Å². The summed E-state index contributed by atoms with van der Waals surface area (Å²) in [6.07, 6.45) is 7.33. The summed E-state index contributed by atoms with van der Waals surface area (Å²) < 4.78 is -1.07. The lowest BCUT2D eigenvalue weighted by molar-refractivity contribution is -0.926. The highest BCUT2D eigenvalue weighted by Gasteiger charge is 2.56. The number of fused-ring (bicyclic) bond motifs is 2. The van der Waals surface area contributed by atoms with E-state index in [1.807, 2.05) is 64.1 Å². The highest BCUT2D eigenvalue weighted by atomic mass is 16.6. The Kier molecular flexibility index (Phi) is 8.18. The Bertz CT molecular complexity index is 1250. The second-order valence-corrected chi connectivity index (χ2v) is 14.0. The monoisotopic (exact) mass is 588 g/mol. The molecule has 8 nitrogen and oxygen atoms in total. The van der Waals surface area contributed by atoms with E-state index in [9.17, 15) is 20.0 Å². The molecule has 2 saturated heterocycles. The zero-order chi connectivity index (χ0) is 30.5. The first kappa shape index (κ1) is 30.3. The van der Waals surface area contributed by atoms with Crippen molar-refractivity contribution in [2.45, 2.75) is 110 Å². The maximum atomic E-state index is 14.8. The zero-order valence-electron chi connectivity index (χ0n) is 26.2. The van der Waals surface area contributed by atoms with E-state index in [4.69, 9.17) is 0 Å². The van der Waals surface area contributed by atoms with Gasteiger partial charge in [-0.05, 0) is 75.6 Å². The molecule has 2 unspecified atom stereocenters. The van der Waals surface area contributed by atoms with E-state index in [-0.39, 0.29) is 48.8 Å². The number of carbonyl (C=O) groups excluding carboxylic acids is 2. The Labute approximate surface area is 256 Å². The number of quaternary nitrogens is 2. The fraction of sp³-hybridized carbons (Fsp3) is 0.600. The van der Waals surface area contributed by atoms with Gasteiger partial charge in [0.1, 0.15) is 0 Å². The number of nitrogens with one attached hydrogen (secondary N) is 2. The second kappa shape index (κ2) is 11.6. The highest BCUT2D eigenvalue weighted by Crippen LogP contribution is 2.49. The zero-order valence-corrected chi connectivity index (χ0v) is 26.2. The largest absolute Gasteiger partial charge is 0.632 e. The van der Waals surface area contributed by atoms with Gasteiger partial charge in [0.25, 0.3) is 11.8 Å². The summed E-state index contributed by atoms with van der Waals surface area (Å²) in [5.74, 6) is 0.110. The van der Waals surface area contributed by atoms with Crippen LogP contribution in [0, 0.1) is 49.9 Å². The van der Waals surface area contributed by atoms with Crippen LogP contribution in [0.5, 0.6) is 0 Å². The third-order valence-corrected chi connectivity index (χ3v) is 11.5. The first-order valence-corrected chi connectivity index (χ1v) is 16.4. The standard InChI is InChI=1S/C35H48N4O4/c1-22-10-5-11-23(2)32(22)36-34(40)30-20-26-14-7-16-28(26)38(30,42)18-9-19-39(43)29-17-8-15-27(29)21-31(39)35(41)37-33-24(3)12-6-13-25(33)4/h5-6,10-13,26-31H,7-9,14-21H2,1-4H3,(H,36,40)(H,37,41)/t26-,27-,28-,29-,30?,31?,38+,39+/m1/s1. The van der Waals surface area contributed by atoms with Crippen LogP contribution in [0.1, 0.15) is 80.0 Å². The smallest absolute Gasteiger partial charge is 0.283 e. The van der Waals surface area contributed by atoms with Crippen LogP contribution in [0.2, 0.25) is 0 Å². The molecule has 4 aliphatic rings. The summed E-state index contributed by atoms with van der Waals surface area (Å²) >= 11 is 0. The van der Waals surface area contributed by atoms with Crippen molar-refractivity contribution in [3.8, 4) is 0 Å². The van der Waals surface area contributed by atoms with Gasteiger partial charge < -0.3 is 30.3 Å². The van der Waals surface area contributed by atoms with Gasteiger partial charge in [-0.1, -0.05) is 36.4 Å². The first-order chi connectivity index (χ1) is 20.5. The van der Waals surface area contributed by atoms with Crippen molar-refractivity contribution in [3.05, 3.63) is 69.1 Å². The van der Waals surface area contributed by atoms with E-state index < -0.39 is 21.4 Å². The van der Waals surface area contributed by atoms with Crippen molar-refractivity contribution in [2.75, 3.05) is 23.7 Å². The minimum absolute atomic E-state index is 0.0882. The molecule has 8 heteroatoms. The van der Waals surface area contributed by atoms with Crippen molar-refractivity contribution in [1.82, 2.24) is 0 Å². The van der Waals surface area contributed by atoms with Crippen LogP contribution in [0.15, 0.2) is 36.4 Å². The van der Waals surface area contributed by atoms with Crippen LogP contribution in [0.3, 0.4) is 0 Å². The molecule has 4 fully saturated rings. The number of carbonyl (C=O) groups is 2. The van der Waals surface area contributed by atoms with E-state index >= 15 is 0 Å². The van der Waals surface area contributed by atoms with E-state index in [2.05, 4.69) is 10.6 Å². The normalized spacial score (nSPS) is 34.7. The summed E-state index contributed by atoms with van der Waals surface area (Å²) in [7, 11) is 0. The molecule has 0 aromatic heterocycles. The molecule has 2 aliphatic carbocycles. The maximum Gasteiger partial charge on any atom is 0.283 e. The molecule has 2 amide bonds. The number of anilines is 2. The molecule has 0 spiro atoms. The molecular weight excluding hydrogens is 540 g/mol. The lowest BCUT2D eigenvalue weighted by atomic mass is 10.0. The third kappa shape index (κ3) is 5.30. The van der Waals surface area contributed by atoms with Crippen LogP contribution in [0.4, 0.5) is 11.4 Å². The van der Waals surface area contributed by atoms with Gasteiger partial charge in [-0.3, -0.25) is 9.59 Å². The lowest BCUT2D eigenvalue weighted by Crippen LogP contribution is -2.60. The van der Waals surface area contributed by atoms with Crippen LogP contribution >= 0.6 is 0 Å². The molecule has 2 heterocycles. The molecule has 0 radical (unpaired) electrons. The third-order valence-electron chi connectivity index (χ3n) is 11.5. The minimum Gasteiger partial charge on any atom is -0.632 e. The molecule has 6 rings (SSSR count). The van der Waals surface area contributed by atoms with Crippen molar-refractivity contribution in [3.63, 3.8) is 0 Å². The highest BCUT2D eigenvalue weighted by molar-refractivity contribution is 5.96. The molecule has 232 valence electrons. The number of benzene rings is 2. The molecule has 2 aromatic rings. The molecule has 2 aromatic carbocycles. The number of para-hydroxylation sites is 2. The fourth-order valence-electron chi connectivity index (χ4n) is 9.38. The lowest BCUT2D eigenvalue weighted by Gasteiger charge is -2.51. The van der Waals surface area contributed by atoms with E-state index in [0.717, 1.165) is 72.2 Å². The fourth-order valence-corrected chi connectivity index (χ4v) is 9.38. The van der Waals surface area contributed by atoms with Crippen LogP contribution in [-0.4, -0.2) is 58.4 Å². The van der Waals surface area contributed by atoms with Gasteiger partial charge in [0.05, 0.1) is 25.2 Å². The molecule has 2 N–H and O–H groups in total. The predicted molar refractivity (Wildman–Crippen MR) is 170 cm³/mol. The SMILES string of the molecule is Cc1cccc(C)c1NC(=O)C1C[C@H]2CCC[C@H]2[N@@+]1([O-])CCC[N@@+]1([O-])C(C(=O)Nc2c(C)cccc2C)C[C@H]2CCC[C@H]21. The molecule has 8 atom stereocenters. The quantitative estimate of drug-likeness (QED) is 0.275. The van der Waals surface area contributed by atoms with Crippen molar-refractivity contribution >= 4 is 23.2 Å². The number of amides is 2. The molecule has 43 heavy (non-hydrogen) atoms. The Morgan fingerprint density at radius 2 is 1.05 bits per heavy atom. The maximum absolute atomic E-state index is 14.8. The van der Waals surface area contributed by atoms with Gasteiger partial charge in [-0.2, -0.15) is 0 Å². The van der Waals surface area contributed by atoms with Crippen molar-refractivity contribution < 1.29 is 18.9 Å². The van der Waals surface area contributed by atoms with Crippen LogP contribution in [-0.2, 0) is 9.59 Å². The average Bonchev–Trinajstić information content (AvgIpc) is 3.73. The molecule has 0 bridgehead atoms. The van der Waals surface area contributed by atoms with E-state index in [0.29, 0.717) is 19.3 Å². The number of hydroxylamine groups is 6. The first-order valence-electron chi connectivity index (χ1n) is 16.4. The Balaban J connectivity index is 1.19. The number of hydrogen-bond acceptors (Lipinski definition) is 4. The number of nitrogens with zero attached hydrogens (tertiary/aromatic N) is 2. The van der Waals surface area contributed by atoms with Crippen molar-refractivity contribution in [2.24, 2.45) is 11.8 Å². The summed E-state index contributed by atoms with van der Waals surface area (Å²) in [5.41, 5.74) is 5.53. The average molecular weight is 589 g/mol. The van der Waals surface area contributed by atoms with Crippen LogP contribution in [0.25, 0.3) is 0 Å². The van der Waals surface area contributed by atoms with Crippen molar-refractivity contribution in [1.29, 1.82) is 0 Å². The molecule has 2 aliphatic heterocycles. The Hall–Kier alpha value is -2.78. The van der Waals surface area contributed by atoms with Gasteiger partial charge in [-0.25, -0.2) is 0 Å². The topological polar surface area (TPSA) is 104 Å². The second-order valence-electron chi connectivity index (χ2n) is 14.0. The summed E-state index contributed by atoms with van der Waals surface area (Å²) in [4.78, 5) is 27.4. The Morgan fingerprint density at radius 3 is 1.42 bits per heavy atom. The summed E-state index contributed by atoms with van der Waals surface area (Å²) in [5, 5.41) is 35.8. The van der Waals surface area contributed by atoms with E-state index in [1.54, 1.807) is 0 Å². The van der Waals surface area contributed by atoms with E-state index in [1.165, 1.54) is 0 Å². The minimum atomic E-state index is -0.671. The van der Waals surface area contributed by atoms with Gasteiger partial charge in [-0.15, -0.1) is 0 Å².